The van der Waals surface area contributed by atoms with Crippen LogP contribution in [0.25, 0.3) is 0 Å². The molecule has 0 unspecified atom stereocenters. The van der Waals surface area contributed by atoms with E-state index in [0.29, 0.717) is 13.0 Å². The monoisotopic (exact) mass is 347 g/mol. The fourth-order valence-corrected chi connectivity index (χ4v) is 3.07. The van der Waals surface area contributed by atoms with Crippen LogP contribution in [0, 0.1) is 0 Å². The first-order chi connectivity index (χ1) is 10.2. The van der Waals surface area contributed by atoms with Gasteiger partial charge in [-0.15, -0.1) is 0 Å². The van der Waals surface area contributed by atoms with Crippen molar-refractivity contribution in [2.75, 3.05) is 6.61 Å². The van der Waals surface area contributed by atoms with Crippen LogP contribution in [0.3, 0.4) is 0 Å². The number of ether oxygens (including phenoxy) is 1. The first kappa shape index (κ1) is 14.4. The molecule has 0 aliphatic heterocycles. The van der Waals surface area contributed by atoms with Crippen LogP contribution in [0.15, 0.2) is 41.1 Å². The number of rotatable bonds is 4. The lowest BCUT2D eigenvalue weighted by atomic mass is 10.1. The second-order valence-electron chi connectivity index (χ2n) is 5.37. The third-order valence-electron chi connectivity index (χ3n) is 3.78. The summed E-state index contributed by atoms with van der Waals surface area (Å²) < 4.78 is 8.83. The van der Waals surface area contributed by atoms with Gasteiger partial charge in [0.2, 0.25) is 0 Å². The summed E-state index contributed by atoms with van der Waals surface area (Å²) in [5.74, 6) is 1.14. The standard InChI is InChI=1S/C17H18BrNO2/c18-14-5-3-6-15(10-14)21-9-8-19-11-13-4-1-2-7-17(20)16(13)12-19/h3,5-6,10-12H,1-2,4,7-9H2. The second-order valence-corrected chi connectivity index (χ2v) is 6.29. The van der Waals surface area contributed by atoms with Gasteiger partial charge in [-0.25, -0.2) is 0 Å². The van der Waals surface area contributed by atoms with Crippen molar-refractivity contribution in [1.82, 2.24) is 4.57 Å². The fourth-order valence-electron chi connectivity index (χ4n) is 2.70. The van der Waals surface area contributed by atoms with Crippen molar-refractivity contribution in [3.63, 3.8) is 0 Å². The summed E-state index contributed by atoms with van der Waals surface area (Å²) in [4.78, 5) is 12.0. The summed E-state index contributed by atoms with van der Waals surface area (Å²) >= 11 is 3.43. The Hall–Kier alpha value is -1.55. The van der Waals surface area contributed by atoms with Crippen LogP contribution < -0.4 is 4.74 Å². The number of Topliss-reactive ketones (excluding diaryl/α,β-unsaturated/α-hetero) is 1. The molecule has 4 heteroatoms. The second kappa shape index (κ2) is 6.48. The lowest BCUT2D eigenvalue weighted by Crippen LogP contribution is -2.06. The van der Waals surface area contributed by atoms with Crippen LogP contribution in [0.5, 0.6) is 5.75 Å². The minimum atomic E-state index is 0.286. The van der Waals surface area contributed by atoms with Crippen molar-refractivity contribution in [3.8, 4) is 5.75 Å². The maximum absolute atomic E-state index is 12.0. The minimum absolute atomic E-state index is 0.286. The molecule has 0 amide bonds. The number of nitrogens with zero attached hydrogens (tertiary/aromatic N) is 1. The van der Waals surface area contributed by atoms with Gasteiger partial charge in [-0.2, -0.15) is 0 Å². The molecule has 2 aromatic rings. The average Bonchev–Trinajstić information content (AvgIpc) is 2.79. The number of hydrogen-bond donors (Lipinski definition) is 0. The zero-order chi connectivity index (χ0) is 14.7. The van der Waals surface area contributed by atoms with Crippen molar-refractivity contribution in [1.29, 1.82) is 0 Å². The molecule has 0 spiro atoms. The molecule has 3 rings (SSSR count). The Labute approximate surface area is 133 Å². The summed E-state index contributed by atoms with van der Waals surface area (Å²) in [6.45, 7) is 1.35. The van der Waals surface area contributed by atoms with Gasteiger partial charge >= 0.3 is 0 Å². The number of fused-ring (bicyclic) bond motifs is 1. The predicted molar refractivity (Wildman–Crippen MR) is 86.0 cm³/mol. The molecule has 1 heterocycles. The zero-order valence-corrected chi connectivity index (χ0v) is 13.4. The van der Waals surface area contributed by atoms with E-state index < -0.39 is 0 Å². The molecule has 0 N–H and O–H groups in total. The number of aryl methyl sites for hydroxylation is 1. The molecular formula is C17H18BrNO2. The molecular weight excluding hydrogens is 330 g/mol. The van der Waals surface area contributed by atoms with Gasteiger partial charge in [0.25, 0.3) is 0 Å². The topological polar surface area (TPSA) is 31.2 Å². The number of aromatic nitrogens is 1. The average molecular weight is 348 g/mol. The third-order valence-corrected chi connectivity index (χ3v) is 4.27. The number of hydrogen-bond acceptors (Lipinski definition) is 2. The lowest BCUT2D eigenvalue weighted by molar-refractivity contribution is 0.0982. The van der Waals surface area contributed by atoms with E-state index in [1.165, 1.54) is 5.56 Å². The smallest absolute Gasteiger partial charge is 0.164 e. The van der Waals surface area contributed by atoms with E-state index in [0.717, 1.165) is 41.6 Å². The Balaban J connectivity index is 1.61. The van der Waals surface area contributed by atoms with Crippen LogP contribution in [-0.2, 0) is 13.0 Å². The van der Waals surface area contributed by atoms with Gasteiger partial charge in [0, 0.05) is 28.9 Å². The van der Waals surface area contributed by atoms with Crippen molar-refractivity contribution in [2.45, 2.75) is 32.2 Å². The Morgan fingerprint density at radius 1 is 1.19 bits per heavy atom. The Morgan fingerprint density at radius 3 is 2.90 bits per heavy atom. The number of benzene rings is 1. The number of ketones is 1. The van der Waals surface area contributed by atoms with Crippen molar-refractivity contribution in [2.24, 2.45) is 0 Å². The number of carbonyl (C=O) groups is 1. The SMILES string of the molecule is O=C1CCCCc2cn(CCOc3cccc(Br)c3)cc21. The first-order valence-corrected chi connectivity index (χ1v) is 8.12. The number of halogens is 1. The Kier molecular flexibility index (Phi) is 4.44. The van der Waals surface area contributed by atoms with E-state index in [9.17, 15) is 4.79 Å². The van der Waals surface area contributed by atoms with Crippen molar-refractivity contribution >= 4 is 21.7 Å². The highest BCUT2D eigenvalue weighted by Crippen LogP contribution is 2.22. The molecule has 1 aliphatic carbocycles. The van der Waals surface area contributed by atoms with Gasteiger partial charge < -0.3 is 9.30 Å². The third kappa shape index (κ3) is 3.56. The predicted octanol–water partition coefficient (Wildman–Crippen LogP) is 4.24. The maximum atomic E-state index is 12.0. The summed E-state index contributed by atoms with van der Waals surface area (Å²) in [7, 11) is 0. The van der Waals surface area contributed by atoms with Gasteiger partial charge in [0.05, 0.1) is 6.54 Å². The molecule has 0 saturated carbocycles. The maximum Gasteiger partial charge on any atom is 0.164 e. The van der Waals surface area contributed by atoms with E-state index in [1.807, 2.05) is 30.5 Å². The Bertz CT molecular complexity index is 648. The summed E-state index contributed by atoms with van der Waals surface area (Å²) in [5.41, 5.74) is 2.11. The molecule has 0 atom stereocenters. The fraction of sp³-hybridized carbons (Fsp3) is 0.353. The van der Waals surface area contributed by atoms with Crippen LogP contribution in [-0.4, -0.2) is 17.0 Å². The molecule has 110 valence electrons. The summed E-state index contributed by atoms with van der Waals surface area (Å²) in [5, 5.41) is 0. The van der Waals surface area contributed by atoms with E-state index >= 15 is 0 Å². The van der Waals surface area contributed by atoms with Crippen LogP contribution in [0.1, 0.15) is 35.2 Å². The molecule has 0 bridgehead atoms. The quantitative estimate of drug-likeness (QED) is 0.774. The minimum Gasteiger partial charge on any atom is -0.492 e. The van der Waals surface area contributed by atoms with Crippen molar-refractivity contribution < 1.29 is 9.53 Å². The molecule has 1 aromatic carbocycles. The van der Waals surface area contributed by atoms with Gasteiger partial charge in [-0.3, -0.25) is 4.79 Å². The highest BCUT2D eigenvalue weighted by atomic mass is 79.9. The summed E-state index contributed by atoms with van der Waals surface area (Å²) in [6, 6.07) is 7.82. The van der Waals surface area contributed by atoms with Crippen molar-refractivity contribution in [3.05, 3.63) is 52.3 Å². The van der Waals surface area contributed by atoms with E-state index in [4.69, 9.17) is 4.74 Å². The molecule has 0 radical (unpaired) electrons. The van der Waals surface area contributed by atoms with E-state index in [1.54, 1.807) is 0 Å². The van der Waals surface area contributed by atoms with Gasteiger partial charge in [0.1, 0.15) is 12.4 Å². The van der Waals surface area contributed by atoms with E-state index in [-0.39, 0.29) is 5.78 Å². The normalized spacial score (nSPS) is 14.6. The van der Waals surface area contributed by atoms with Gasteiger partial charge in [-0.05, 0) is 43.0 Å². The summed E-state index contributed by atoms with van der Waals surface area (Å²) in [6.07, 6.45) is 7.90. The van der Waals surface area contributed by atoms with Crippen LogP contribution in [0.2, 0.25) is 0 Å². The highest BCUT2D eigenvalue weighted by Gasteiger charge is 2.17. The molecule has 1 aliphatic rings. The lowest BCUT2D eigenvalue weighted by Gasteiger charge is -2.07. The van der Waals surface area contributed by atoms with Gasteiger partial charge in [-0.1, -0.05) is 22.0 Å². The molecule has 0 fully saturated rings. The van der Waals surface area contributed by atoms with Crippen LogP contribution in [0.4, 0.5) is 0 Å². The largest absolute Gasteiger partial charge is 0.492 e. The van der Waals surface area contributed by atoms with Gasteiger partial charge in [0.15, 0.2) is 5.78 Å². The Morgan fingerprint density at radius 2 is 2.05 bits per heavy atom. The van der Waals surface area contributed by atoms with E-state index in [2.05, 4.69) is 26.7 Å². The zero-order valence-electron chi connectivity index (χ0n) is 11.8. The molecule has 3 nitrogen and oxygen atoms in total. The molecule has 1 aromatic heterocycles. The first-order valence-electron chi connectivity index (χ1n) is 7.32. The highest BCUT2D eigenvalue weighted by molar-refractivity contribution is 9.10. The molecule has 21 heavy (non-hydrogen) atoms. The number of carbonyl (C=O) groups excluding carboxylic acids is 1. The van der Waals surface area contributed by atoms with Crippen LogP contribution >= 0.6 is 15.9 Å². The molecule has 0 saturated heterocycles.